The quantitative estimate of drug-likeness (QED) is 0.0625. The number of hydrogen-bond donors (Lipinski definition) is 0. The van der Waals surface area contributed by atoms with E-state index in [-0.39, 0.29) is 10.6 Å². The summed E-state index contributed by atoms with van der Waals surface area (Å²) in [5, 5.41) is 0.342. The van der Waals surface area contributed by atoms with Crippen molar-refractivity contribution >= 4 is 61.7 Å². The number of para-hydroxylation sites is 3. The number of imidazole rings is 1. The Balaban J connectivity index is 1.01. The topological polar surface area (TPSA) is 35.9 Å². The van der Waals surface area contributed by atoms with E-state index in [1.165, 1.54) is 0 Å². The molecule has 1 aliphatic rings. The van der Waals surface area contributed by atoms with Crippen LogP contribution in [0.1, 0.15) is 46.9 Å². The molecule has 0 atom stereocenters. The molecule has 390 valence electrons. The highest BCUT2D eigenvalue weighted by atomic mass is 28.3. The molecule has 14 aromatic rings. The minimum atomic E-state index is -5.58. The molecule has 0 radical (unpaired) electrons. The molecule has 4 heterocycles. The van der Waals surface area contributed by atoms with Crippen LogP contribution >= 0.6 is 0 Å². The van der Waals surface area contributed by atoms with Gasteiger partial charge in [-0.1, -0.05) is 245 Å². The van der Waals surface area contributed by atoms with Crippen LogP contribution in [0.3, 0.4) is 0 Å². The van der Waals surface area contributed by atoms with Gasteiger partial charge in [0.2, 0.25) is 0 Å². The number of fused-ring (bicyclic) bond motifs is 10. The summed E-state index contributed by atoms with van der Waals surface area (Å²) in [4.78, 5) is 4.89. The van der Waals surface area contributed by atoms with Gasteiger partial charge in [0, 0.05) is 23.0 Å². The summed E-state index contributed by atoms with van der Waals surface area (Å²) < 4.78 is 154. The van der Waals surface area contributed by atoms with Gasteiger partial charge in [-0.05, 0) is 125 Å². The Morgan fingerprint density at radius 2 is 1.05 bits per heavy atom. The number of rotatable bonds is 9. The highest BCUT2D eigenvalue weighted by molar-refractivity contribution is 7.20. The van der Waals surface area contributed by atoms with Crippen molar-refractivity contribution in [3.05, 3.63) is 297 Å². The van der Waals surface area contributed by atoms with Crippen molar-refractivity contribution in [2.45, 2.75) is 26.2 Å². The van der Waals surface area contributed by atoms with Crippen LogP contribution in [0.2, 0.25) is 0 Å². The Labute approximate surface area is 500 Å². The fourth-order valence-electron chi connectivity index (χ4n) is 12.0. The van der Waals surface area contributed by atoms with Crippen LogP contribution in [-0.4, -0.2) is 22.2 Å². The maximum Gasteiger partial charge on any atom is 0.269 e. The number of nitrogens with zero attached hydrogens (tertiary/aromatic N) is 4. The van der Waals surface area contributed by atoms with Gasteiger partial charge in [-0.3, -0.25) is 13.7 Å². The van der Waals surface area contributed by atoms with Gasteiger partial charge in [0.1, 0.15) is 17.3 Å². The van der Waals surface area contributed by atoms with Gasteiger partial charge in [-0.15, -0.1) is 0 Å². The van der Waals surface area contributed by atoms with Crippen LogP contribution in [0, 0.1) is 6.33 Å². The molecule has 6 heteroatoms. The Morgan fingerprint density at radius 1 is 0.463 bits per heavy atom. The fraction of sp³-hybridized carbons (Fsp3) is 0.0526. The van der Waals surface area contributed by atoms with Crippen molar-refractivity contribution < 1.29 is 29.9 Å². The summed E-state index contributed by atoms with van der Waals surface area (Å²) in [7, 11) is -5.58. The largest absolute Gasteiger partial charge is 0.458 e. The molecular formula is C76H56N4OSi. The molecule has 11 aromatic carbocycles. The molecule has 0 bridgehead atoms. The van der Waals surface area contributed by atoms with Gasteiger partial charge in [0.05, 0.1) is 54.0 Å². The molecule has 0 saturated carbocycles. The standard InChI is InChI=1S/C76H56N4OSi/c1-76(2,3)53-45-46-77-73(47-53)80-70-39-19-18-35-65(70)66-43-41-56(49-72(66)80)81-55-26-20-25-54(48-55)78-51-79-74-61(52-23-8-4-9-24-52)36-21-37-68(74)69-50-60(42-44-64(69)62-33-16-17-34-63(62)67-38-22-40-71(78)75(67)79)82(57-27-10-5-11-28-57,58-29-12-6-13-30-58)59-31-14-7-15-32-59/h4-50H,1-3H3/i5D,6D,7D,10D,11D,12D,13D,14D,15D,27D,28D,29D,30D,31D,32D. The van der Waals surface area contributed by atoms with Crippen molar-refractivity contribution in [3.8, 4) is 73.2 Å². The number of pyridine rings is 1. The molecule has 5 nitrogen and oxygen atoms in total. The molecular weight excluding hydrogens is 1010 g/mol. The minimum Gasteiger partial charge on any atom is -0.458 e. The normalized spacial score (nSPS) is 14.6. The third kappa shape index (κ3) is 7.97. The molecule has 0 aliphatic carbocycles. The summed E-state index contributed by atoms with van der Waals surface area (Å²) in [6.45, 7) is 6.55. The Kier molecular flexibility index (Phi) is 8.47. The first-order chi connectivity index (χ1) is 46.5. The summed E-state index contributed by atoms with van der Waals surface area (Å²) in [5.41, 5.74) is 11.1. The number of ether oxygens (including phenoxy) is 1. The van der Waals surface area contributed by atoms with Crippen LogP contribution in [0.25, 0.3) is 94.5 Å². The lowest BCUT2D eigenvalue weighted by atomic mass is 9.88. The highest BCUT2D eigenvalue weighted by Gasteiger charge is 2.42. The molecule has 1 aliphatic heterocycles. The van der Waals surface area contributed by atoms with E-state index in [1.807, 2.05) is 155 Å². The molecule has 0 fully saturated rings. The maximum atomic E-state index is 9.86. The monoisotopic (exact) mass is 1080 g/mol. The molecule has 82 heavy (non-hydrogen) atoms. The average molecular weight is 1080 g/mol. The molecule has 0 spiro atoms. The van der Waals surface area contributed by atoms with Gasteiger partial charge in [-0.25, -0.2) is 4.98 Å². The Morgan fingerprint density at radius 3 is 1.78 bits per heavy atom. The smallest absolute Gasteiger partial charge is 0.269 e. The van der Waals surface area contributed by atoms with Crippen molar-refractivity contribution in [2.24, 2.45) is 0 Å². The second kappa shape index (κ2) is 19.6. The van der Waals surface area contributed by atoms with E-state index in [2.05, 4.69) is 62.0 Å². The Bertz CT molecular complexity index is 5450. The SMILES string of the molecule is [2H]c1c([2H])c([2H])c([Si](c2ccc3c(c2)-c2cccc(-c4ccccc4)c2-[n+]2[c-]n(-c4cccc(Oc5ccc6c7ccccc7n(-c7cc(C(C)(C)C)ccn7)c6c5)c4)c4cccc(c42)-c2ccccc2-3)(c2c([2H])c([2H])c([2H])c([2H])c2[2H])c2c([2H])c([2H])c([2H])c([2H])c2[2H])c([2H])c1[2H]. The van der Waals surface area contributed by atoms with Gasteiger partial charge >= 0.3 is 0 Å². The second-order valence-electron chi connectivity index (χ2n) is 21.4. The first-order valence-corrected chi connectivity index (χ1v) is 29.0. The zero-order valence-corrected chi connectivity index (χ0v) is 45.7. The van der Waals surface area contributed by atoms with Crippen molar-refractivity contribution in [1.29, 1.82) is 0 Å². The highest BCUT2D eigenvalue weighted by Crippen LogP contribution is 2.45. The van der Waals surface area contributed by atoms with E-state index < -0.39 is 114 Å². The zero-order valence-electron chi connectivity index (χ0n) is 59.7. The molecule has 0 N–H and O–H groups in total. The van der Waals surface area contributed by atoms with E-state index in [0.29, 0.717) is 45.1 Å². The van der Waals surface area contributed by atoms with Crippen LogP contribution < -0.4 is 30.1 Å². The van der Waals surface area contributed by atoms with E-state index in [4.69, 9.17) is 13.8 Å². The molecule has 0 saturated heterocycles. The van der Waals surface area contributed by atoms with Gasteiger partial charge in [-0.2, -0.15) is 0 Å². The molecule has 3 aromatic heterocycles. The van der Waals surface area contributed by atoms with E-state index in [1.54, 1.807) is 18.2 Å². The summed E-state index contributed by atoms with van der Waals surface area (Å²) >= 11 is 0. The maximum absolute atomic E-state index is 9.86. The van der Waals surface area contributed by atoms with Crippen molar-refractivity contribution in [2.75, 3.05) is 0 Å². The fourth-order valence-corrected chi connectivity index (χ4v) is 15.8. The summed E-state index contributed by atoms with van der Waals surface area (Å²) in [6.07, 6.45) is 5.67. The molecule has 0 unspecified atom stereocenters. The summed E-state index contributed by atoms with van der Waals surface area (Å²) in [6, 6.07) is 48.1. The average Bonchev–Trinajstić information content (AvgIpc) is 1.33. The van der Waals surface area contributed by atoms with Crippen LogP contribution in [0.5, 0.6) is 11.5 Å². The van der Waals surface area contributed by atoms with Gasteiger partial charge in [0.25, 0.3) is 6.33 Å². The lowest BCUT2D eigenvalue weighted by molar-refractivity contribution is -0.570. The van der Waals surface area contributed by atoms with Crippen molar-refractivity contribution in [3.63, 3.8) is 0 Å². The molecule has 15 rings (SSSR count). The van der Waals surface area contributed by atoms with E-state index >= 15 is 0 Å². The lowest BCUT2D eigenvalue weighted by Crippen LogP contribution is -2.74. The van der Waals surface area contributed by atoms with E-state index in [9.17, 15) is 16.4 Å². The van der Waals surface area contributed by atoms with E-state index in [0.717, 1.165) is 66.5 Å². The predicted molar refractivity (Wildman–Crippen MR) is 340 cm³/mol. The van der Waals surface area contributed by atoms with Gasteiger partial charge in [0.15, 0.2) is 8.07 Å². The van der Waals surface area contributed by atoms with Gasteiger partial charge < -0.3 is 4.74 Å². The zero-order chi connectivity index (χ0) is 68.0. The van der Waals surface area contributed by atoms with Crippen LogP contribution in [0.4, 0.5) is 0 Å². The molecule has 0 amide bonds. The Hall–Kier alpha value is -10.1. The second-order valence-corrected chi connectivity index (χ2v) is 24.9. The lowest BCUT2D eigenvalue weighted by Gasteiger charge is -2.35. The number of aromatic nitrogens is 4. The minimum absolute atomic E-state index is 0.0207. The summed E-state index contributed by atoms with van der Waals surface area (Å²) in [5.74, 6) is 1.91. The number of benzene rings is 11. The third-order valence-electron chi connectivity index (χ3n) is 15.7. The van der Waals surface area contributed by atoms with Crippen LogP contribution in [-0.2, 0) is 5.41 Å². The third-order valence-corrected chi connectivity index (χ3v) is 19.9. The first kappa shape index (κ1) is 35.5. The van der Waals surface area contributed by atoms with Crippen LogP contribution in [0.15, 0.2) is 285 Å². The van der Waals surface area contributed by atoms with Crippen molar-refractivity contribution in [1.82, 2.24) is 14.1 Å². The predicted octanol–water partition coefficient (Wildman–Crippen LogP) is 15.6. The first-order valence-electron chi connectivity index (χ1n) is 34.5. The number of hydrogen-bond acceptors (Lipinski definition) is 2.